The second-order valence-electron chi connectivity index (χ2n) is 3.78. The third-order valence-electron chi connectivity index (χ3n) is 2.77. The van der Waals surface area contributed by atoms with Crippen molar-refractivity contribution in [3.05, 3.63) is 36.2 Å². The predicted molar refractivity (Wildman–Crippen MR) is 65.4 cm³/mol. The lowest BCUT2D eigenvalue weighted by atomic mass is 10.2. The van der Waals surface area contributed by atoms with Gasteiger partial charge in [0.05, 0.1) is 24.7 Å². The van der Waals surface area contributed by atoms with Crippen LogP contribution < -0.4 is 10.1 Å². The van der Waals surface area contributed by atoms with Gasteiger partial charge in [0.15, 0.2) is 0 Å². The molecule has 1 N–H and O–H groups in total. The van der Waals surface area contributed by atoms with Gasteiger partial charge in [-0.25, -0.2) is 4.68 Å². The number of rotatable bonds is 4. The molecule has 1 atom stereocenters. The summed E-state index contributed by atoms with van der Waals surface area (Å²) in [6, 6.07) is 7.93. The predicted octanol–water partition coefficient (Wildman–Crippen LogP) is 1.56. The van der Waals surface area contributed by atoms with Crippen LogP contribution in [0, 0.1) is 0 Å². The maximum Gasteiger partial charge on any atom is 0.119 e. The van der Waals surface area contributed by atoms with Gasteiger partial charge in [0.1, 0.15) is 5.75 Å². The summed E-state index contributed by atoms with van der Waals surface area (Å²) in [5, 5.41) is 11.2. The van der Waals surface area contributed by atoms with E-state index in [1.165, 1.54) is 0 Å². The maximum atomic E-state index is 5.13. The molecule has 0 saturated carbocycles. The van der Waals surface area contributed by atoms with Crippen LogP contribution in [-0.4, -0.2) is 29.2 Å². The van der Waals surface area contributed by atoms with Crippen molar-refractivity contribution in [2.75, 3.05) is 14.2 Å². The fourth-order valence-corrected chi connectivity index (χ4v) is 1.61. The second-order valence-corrected chi connectivity index (χ2v) is 3.78. The molecule has 0 fully saturated rings. The molecule has 0 spiro atoms. The summed E-state index contributed by atoms with van der Waals surface area (Å²) in [6.45, 7) is 2.07. The first-order valence-corrected chi connectivity index (χ1v) is 5.48. The third kappa shape index (κ3) is 2.29. The fraction of sp³-hybridized carbons (Fsp3) is 0.333. The summed E-state index contributed by atoms with van der Waals surface area (Å²) in [7, 11) is 3.56. The molecule has 5 nitrogen and oxygen atoms in total. The summed E-state index contributed by atoms with van der Waals surface area (Å²) >= 11 is 0. The Morgan fingerprint density at radius 2 is 2.00 bits per heavy atom. The Labute approximate surface area is 100 Å². The van der Waals surface area contributed by atoms with Gasteiger partial charge in [0.25, 0.3) is 0 Å². The number of aromatic nitrogens is 3. The summed E-state index contributed by atoms with van der Waals surface area (Å²) < 4.78 is 6.95. The van der Waals surface area contributed by atoms with Gasteiger partial charge in [-0.15, -0.1) is 5.10 Å². The van der Waals surface area contributed by atoms with Crippen molar-refractivity contribution in [2.24, 2.45) is 0 Å². The Bertz CT molecular complexity index is 478. The van der Waals surface area contributed by atoms with Crippen LogP contribution in [0.25, 0.3) is 5.69 Å². The molecule has 5 heteroatoms. The molecule has 17 heavy (non-hydrogen) atoms. The lowest BCUT2D eigenvalue weighted by Crippen LogP contribution is -2.16. The number of nitrogens with one attached hydrogen (secondary N) is 1. The van der Waals surface area contributed by atoms with Crippen molar-refractivity contribution in [3.8, 4) is 11.4 Å². The third-order valence-corrected chi connectivity index (χ3v) is 2.77. The molecular formula is C12H16N4O. The normalized spacial score (nSPS) is 12.4. The Morgan fingerprint density at radius 3 is 2.59 bits per heavy atom. The zero-order chi connectivity index (χ0) is 12.3. The zero-order valence-corrected chi connectivity index (χ0v) is 10.2. The van der Waals surface area contributed by atoms with Gasteiger partial charge in [-0.3, -0.25) is 0 Å². The van der Waals surface area contributed by atoms with Gasteiger partial charge in [-0.1, -0.05) is 5.21 Å². The number of benzene rings is 1. The van der Waals surface area contributed by atoms with Gasteiger partial charge < -0.3 is 10.1 Å². The van der Waals surface area contributed by atoms with Gasteiger partial charge in [0, 0.05) is 6.04 Å². The molecule has 0 bridgehead atoms. The number of hydrogen-bond acceptors (Lipinski definition) is 4. The van der Waals surface area contributed by atoms with Gasteiger partial charge >= 0.3 is 0 Å². The average molecular weight is 232 g/mol. The van der Waals surface area contributed by atoms with E-state index in [-0.39, 0.29) is 6.04 Å². The first-order chi connectivity index (χ1) is 8.26. The van der Waals surface area contributed by atoms with Crippen molar-refractivity contribution in [3.63, 3.8) is 0 Å². The highest BCUT2D eigenvalue weighted by Gasteiger charge is 2.11. The summed E-state index contributed by atoms with van der Waals surface area (Å²) in [4.78, 5) is 0. The highest BCUT2D eigenvalue weighted by atomic mass is 16.5. The van der Waals surface area contributed by atoms with Crippen molar-refractivity contribution in [2.45, 2.75) is 13.0 Å². The van der Waals surface area contributed by atoms with E-state index in [0.29, 0.717) is 0 Å². The minimum atomic E-state index is 0.201. The van der Waals surface area contributed by atoms with E-state index < -0.39 is 0 Å². The van der Waals surface area contributed by atoms with E-state index in [1.807, 2.05) is 36.0 Å². The van der Waals surface area contributed by atoms with E-state index in [1.54, 1.807) is 13.3 Å². The molecule has 2 rings (SSSR count). The zero-order valence-electron chi connectivity index (χ0n) is 10.2. The van der Waals surface area contributed by atoms with Crippen LogP contribution >= 0.6 is 0 Å². The van der Waals surface area contributed by atoms with Crippen LogP contribution in [0.3, 0.4) is 0 Å². The van der Waals surface area contributed by atoms with Crippen molar-refractivity contribution in [1.29, 1.82) is 0 Å². The standard InChI is InChI=1S/C12H16N4O/c1-9(13-2)12-8-14-15-16(12)10-4-6-11(17-3)7-5-10/h4-9,13H,1-3H3. The Morgan fingerprint density at radius 1 is 1.29 bits per heavy atom. The number of ether oxygens (including phenoxy) is 1. The van der Waals surface area contributed by atoms with Crippen LogP contribution in [0.15, 0.2) is 30.5 Å². The smallest absolute Gasteiger partial charge is 0.119 e. The van der Waals surface area contributed by atoms with Crippen LogP contribution in [0.2, 0.25) is 0 Å². The molecule has 2 aromatic rings. The SMILES string of the molecule is CNC(C)c1cnnn1-c1ccc(OC)cc1. The monoisotopic (exact) mass is 232 g/mol. The summed E-state index contributed by atoms with van der Waals surface area (Å²) in [5.74, 6) is 0.831. The summed E-state index contributed by atoms with van der Waals surface area (Å²) in [6.07, 6.45) is 1.77. The second kappa shape index (κ2) is 4.97. The number of nitrogens with zero attached hydrogens (tertiary/aromatic N) is 3. The lowest BCUT2D eigenvalue weighted by molar-refractivity contribution is 0.414. The minimum Gasteiger partial charge on any atom is -0.497 e. The van der Waals surface area contributed by atoms with Crippen LogP contribution in [0.1, 0.15) is 18.7 Å². The van der Waals surface area contributed by atoms with Crippen molar-refractivity contribution < 1.29 is 4.74 Å². The molecule has 1 aromatic heterocycles. The van der Waals surface area contributed by atoms with Crippen molar-refractivity contribution >= 4 is 0 Å². The maximum absolute atomic E-state index is 5.13. The van der Waals surface area contributed by atoms with Gasteiger partial charge in [-0.2, -0.15) is 0 Å². The largest absolute Gasteiger partial charge is 0.497 e. The number of hydrogen-bond donors (Lipinski definition) is 1. The molecule has 1 aromatic carbocycles. The minimum absolute atomic E-state index is 0.201. The highest BCUT2D eigenvalue weighted by Crippen LogP contribution is 2.18. The van der Waals surface area contributed by atoms with Crippen molar-refractivity contribution in [1.82, 2.24) is 20.3 Å². The first kappa shape index (κ1) is 11.6. The Kier molecular flexibility index (Phi) is 3.39. The Balaban J connectivity index is 2.35. The molecule has 0 saturated heterocycles. The molecule has 0 aliphatic heterocycles. The van der Waals surface area contributed by atoms with E-state index in [2.05, 4.69) is 22.6 Å². The first-order valence-electron chi connectivity index (χ1n) is 5.48. The fourth-order valence-electron chi connectivity index (χ4n) is 1.61. The molecular weight excluding hydrogens is 216 g/mol. The van der Waals surface area contributed by atoms with E-state index in [0.717, 1.165) is 17.1 Å². The summed E-state index contributed by atoms with van der Waals surface area (Å²) in [5.41, 5.74) is 2.00. The van der Waals surface area contributed by atoms with E-state index in [4.69, 9.17) is 4.74 Å². The highest BCUT2D eigenvalue weighted by molar-refractivity contribution is 5.37. The quantitative estimate of drug-likeness (QED) is 0.869. The molecule has 1 heterocycles. The number of methoxy groups -OCH3 is 1. The van der Waals surface area contributed by atoms with Crippen LogP contribution in [-0.2, 0) is 0 Å². The van der Waals surface area contributed by atoms with Crippen LogP contribution in [0.5, 0.6) is 5.75 Å². The molecule has 1 unspecified atom stereocenters. The average Bonchev–Trinajstić information content (AvgIpc) is 2.87. The van der Waals surface area contributed by atoms with Gasteiger partial charge in [-0.05, 0) is 38.2 Å². The van der Waals surface area contributed by atoms with E-state index in [9.17, 15) is 0 Å². The topological polar surface area (TPSA) is 52.0 Å². The molecule has 0 aliphatic carbocycles. The lowest BCUT2D eigenvalue weighted by Gasteiger charge is -2.12. The van der Waals surface area contributed by atoms with Crippen LogP contribution in [0.4, 0.5) is 0 Å². The van der Waals surface area contributed by atoms with E-state index >= 15 is 0 Å². The molecule has 0 radical (unpaired) electrons. The molecule has 0 aliphatic rings. The molecule has 90 valence electrons. The van der Waals surface area contributed by atoms with Gasteiger partial charge in [0.2, 0.25) is 0 Å². The molecule has 0 amide bonds. The Hall–Kier alpha value is -1.88.